The van der Waals surface area contributed by atoms with Gasteiger partial charge < -0.3 is 15.0 Å². The maximum atomic E-state index is 12.9. The average molecular weight is 354 g/mol. The van der Waals surface area contributed by atoms with Crippen LogP contribution in [0, 0.1) is 0 Å². The SMILES string of the molecule is CC(C)(C)OC(=O)NC1CCN(C(=O)c2cccc3ccccc23)CC1. The highest BCUT2D eigenvalue weighted by Gasteiger charge is 2.26. The van der Waals surface area contributed by atoms with Crippen LogP contribution in [-0.4, -0.2) is 41.6 Å². The molecule has 1 heterocycles. The van der Waals surface area contributed by atoms with Crippen molar-refractivity contribution in [3.05, 3.63) is 48.0 Å². The van der Waals surface area contributed by atoms with E-state index in [0.29, 0.717) is 13.1 Å². The number of nitrogens with one attached hydrogen (secondary N) is 1. The van der Waals surface area contributed by atoms with E-state index in [0.717, 1.165) is 29.2 Å². The molecule has 26 heavy (non-hydrogen) atoms. The van der Waals surface area contributed by atoms with E-state index in [1.165, 1.54) is 0 Å². The Hall–Kier alpha value is -2.56. The summed E-state index contributed by atoms with van der Waals surface area (Å²) in [5.41, 5.74) is 0.233. The van der Waals surface area contributed by atoms with Gasteiger partial charge in [-0.3, -0.25) is 4.79 Å². The molecule has 138 valence electrons. The molecule has 3 rings (SSSR count). The van der Waals surface area contributed by atoms with Gasteiger partial charge in [0, 0.05) is 24.7 Å². The first-order valence-corrected chi connectivity index (χ1v) is 9.10. The largest absolute Gasteiger partial charge is 0.444 e. The molecule has 0 aliphatic carbocycles. The van der Waals surface area contributed by atoms with Gasteiger partial charge in [-0.25, -0.2) is 4.79 Å². The van der Waals surface area contributed by atoms with Crippen molar-refractivity contribution in [3.63, 3.8) is 0 Å². The van der Waals surface area contributed by atoms with E-state index < -0.39 is 11.7 Å². The van der Waals surface area contributed by atoms with Gasteiger partial charge in [0.25, 0.3) is 5.91 Å². The number of carbonyl (C=O) groups is 2. The molecule has 5 heteroatoms. The molecule has 0 spiro atoms. The normalized spacial score (nSPS) is 15.7. The summed E-state index contributed by atoms with van der Waals surface area (Å²) in [4.78, 5) is 26.7. The molecular weight excluding hydrogens is 328 g/mol. The van der Waals surface area contributed by atoms with Gasteiger partial charge in [0.1, 0.15) is 5.60 Å². The summed E-state index contributed by atoms with van der Waals surface area (Å²) in [5, 5.41) is 4.95. The number of amides is 2. The summed E-state index contributed by atoms with van der Waals surface area (Å²) >= 11 is 0. The number of benzene rings is 2. The zero-order valence-electron chi connectivity index (χ0n) is 15.6. The van der Waals surface area contributed by atoms with Crippen LogP contribution in [0.1, 0.15) is 44.0 Å². The van der Waals surface area contributed by atoms with Crippen LogP contribution in [0.4, 0.5) is 4.79 Å². The molecule has 0 saturated carbocycles. The monoisotopic (exact) mass is 354 g/mol. The molecule has 0 aromatic heterocycles. The van der Waals surface area contributed by atoms with Gasteiger partial charge in [0.15, 0.2) is 0 Å². The summed E-state index contributed by atoms with van der Waals surface area (Å²) in [6.45, 7) is 6.79. The van der Waals surface area contributed by atoms with Crippen LogP contribution in [0.3, 0.4) is 0 Å². The predicted octanol–water partition coefficient (Wildman–Crippen LogP) is 3.97. The van der Waals surface area contributed by atoms with Gasteiger partial charge in [-0.2, -0.15) is 0 Å². The molecule has 1 aliphatic heterocycles. The fourth-order valence-corrected chi connectivity index (χ4v) is 3.28. The van der Waals surface area contributed by atoms with E-state index >= 15 is 0 Å². The van der Waals surface area contributed by atoms with Gasteiger partial charge in [-0.15, -0.1) is 0 Å². The molecule has 2 amide bonds. The van der Waals surface area contributed by atoms with Crippen molar-refractivity contribution in [1.29, 1.82) is 0 Å². The molecular formula is C21H26N2O3. The number of likely N-dealkylation sites (tertiary alicyclic amines) is 1. The molecule has 1 aliphatic rings. The van der Waals surface area contributed by atoms with E-state index in [-0.39, 0.29) is 11.9 Å². The van der Waals surface area contributed by atoms with Crippen molar-refractivity contribution in [3.8, 4) is 0 Å². The molecule has 2 aromatic rings. The number of fused-ring (bicyclic) bond motifs is 1. The molecule has 0 radical (unpaired) electrons. The smallest absolute Gasteiger partial charge is 0.407 e. The Morgan fingerprint density at radius 3 is 2.38 bits per heavy atom. The predicted molar refractivity (Wildman–Crippen MR) is 102 cm³/mol. The van der Waals surface area contributed by atoms with Gasteiger partial charge in [-0.05, 0) is 50.5 Å². The number of carbonyl (C=O) groups excluding carboxylic acids is 2. The highest BCUT2D eigenvalue weighted by molar-refractivity contribution is 6.07. The Kier molecular flexibility index (Phi) is 5.16. The first-order valence-electron chi connectivity index (χ1n) is 9.10. The van der Waals surface area contributed by atoms with Crippen molar-refractivity contribution < 1.29 is 14.3 Å². The first kappa shape index (κ1) is 18.2. The Balaban J connectivity index is 1.61. The fraction of sp³-hybridized carbons (Fsp3) is 0.429. The van der Waals surface area contributed by atoms with Crippen molar-refractivity contribution in [2.24, 2.45) is 0 Å². The molecule has 5 nitrogen and oxygen atoms in total. The maximum absolute atomic E-state index is 12.9. The van der Waals surface area contributed by atoms with Gasteiger partial charge in [0.05, 0.1) is 0 Å². The van der Waals surface area contributed by atoms with Crippen LogP contribution in [0.2, 0.25) is 0 Å². The maximum Gasteiger partial charge on any atom is 0.407 e. The summed E-state index contributed by atoms with van der Waals surface area (Å²) in [7, 11) is 0. The number of hydrogen-bond acceptors (Lipinski definition) is 3. The van der Waals surface area contributed by atoms with Crippen LogP contribution in [0.5, 0.6) is 0 Å². The molecule has 2 aromatic carbocycles. The number of alkyl carbamates (subject to hydrolysis) is 1. The number of nitrogens with zero attached hydrogens (tertiary/aromatic N) is 1. The highest BCUT2D eigenvalue weighted by atomic mass is 16.6. The van der Waals surface area contributed by atoms with E-state index in [2.05, 4.69) is 5.32 Å². The zero-order valence-corrected chi connectivity index (χ0v) is 15.6. The van der Waals surface area contributed by atoms with Crippen molar-refractivity contribution >= 4 is 22.8 Å². The molecule has 1 saturated heterocycles. The van der Waals surface area contributed by atoms with Crippen LogP contribution in [0.15, 0.2) is 42.5 Å². The van der Waals surface area contributed by atoms with Crippen LogP contribution < -0.4 is 5.32 Å². The number of piperidine rings is 1. The second kappa shape index (κ2) is 7.36. The number of hydrogen-bond donors (Lipinski definition) is 1. The number of rotatable bonds is 2. The molecule has 1 N–H and O–H groups in total. The van der Waals surface area contributed by atoms with Crippen LogP contribution >= 0.6 is 0 Å². The van der Waals surface area contributed by atoms with Crippen LogP contribution in [-0.2, 0) is 4.74 Å². The Morgan fingerprint density at radius 1 is 1.04 bits per heavy atom. The summed E-state index contributed by atoms with van der Waals surface area (Å²) in [6, 6.07) is 13.8. The third-order valence-corrected chi connectivity index (χ3v) is 4.52. The van der Waals surface area contributed by atoms with Gasteiger partial charge in [-0.1, -0.05) is 36.4 Å². The summed E-state index contributed by atoms with van der Waals surface area (Å²) in [5.74, 6) is 0.0533. The lowest BCUT2D eigenvalue weighted by molar-refractivity contribution is 0.0474. The van der Waals surface area contributed by atoms with E-state index in [1.807, 2.05) is 68.1 Å². The molecule has 1 fully saturated rings. The standard InChI is InChI=1S/C21H26N2O3/c1-21(2,3)26-20(25)22-16-11-13-23(14-12-16)19(24)18-10-6-8-15-7-4-5-9-17(15)18/h4-10,16H,11-14H2,1-3H3,(H,22,25). The van der Waals surface area contributed by atoms with Crippen molar-refractivity contribution in [2.75, 3.05) is 13.1 Å². The minimum absolute atomic E-state index is 0.0430. The number of ether oxygens (including phenoxy) is 1. The minimum atomic E-state index is -0.505. The molecule has 0 bridgehead atoms. The Morgan fingerprint density at radius 2 is 1.69 bits per heavy atom. The zero-order chi connectivity index (χ0) is 18.7. The van der Waals surface area contributed by atoms with E-state index in [4.69, 9.17) is 4.74 Å². The fourth-order valence-electron chi connectivity index (χ4n) is 3.28. The first-order chi connectivity index (χ1) is 12.3. The second-order valence-electron chi connectivity index (χ2n) is 7.74. The molecule has 0 atom stereocenters. The molecule has 0 unspecified atom stereocenters. The van der Waals surface area contributed by atoms with E-state index in [9.17, 15) is 9.59 Å². The van der Waals surface area contributed by atoms with Gasteiger partial charge >= 0.3 is 6.09 Å². The van der Waals surface area contributed by atoms with Gasteiger partial charge in [0.2, 0.25) is 0 Å². The second-order valence-corrected chi connectivity index (χ2v) is 7.74. The minimum Gasteiger partial charge on any atom is -0.444 e. The lowest BCUT2D eigenvalue weighted by atomic mass is 10.0. The summed E-state index contributed by atoms with van der Waals surface area (Å²) in [6.07, 6.45) is 1.07. The average Bonchev–Trinajstić information content (AvgIpc) is 2.59. The lowest BCUT2D eigenvalue weighted by Gasteiger charge is -2.33. The lowest BCUT2D eigenvalue weighted by Crippen LogP contribution is -2.47. The third kappa shape index (κ3) is 4.34. The van der Waals surface area contributed by atoms with Crippen LogP contribution in [0.25, 0.3) is 10.8 Å². The quantitative estimate of drug-likeness (QED) is 0.888. The highest BCUT2D eigenvalue weighted by Crippen LogP contribution is 2.22. The third-order valence-electron chi connectivity index (χ3n) is 4.52. The van der Waals surface area contributed by atoms with Crippen molar-refractivity contribution in [2.45, 2.75) is 45.3 Å². The summed E-state index contributed by atoms with van der Waals surface area (Å²) < 4.78 is 5.30. The topological polar surface area (TPSA) is 58.6 Å². The Labute approximate surface area is 154 Å². The van der Waals surface area contributed by atoms with E-state index in [1.54, 1.807) is 0 Å². The van der Waals surface area contributed by atoms with Crippen molar-refractivity contribution in [1.82, 2.24) is 10.2 Å². The Bertz CT molecular complexity index is 797.